The molecule has 0 saturated heterocycles. The van der Waals surface area contributed by atoms with Gasteiger partial charge < -0.3 is 0 Å². The van der Waals surface area contributed by atoms with Gasteiger partial charge in [-0.25, -0.2) is 0 Å². The highest BCUT2D eigenvalue weighted by atomic mass is 16.1. The molecule has 0 heterocycles. The predicted molar refractivity (Wildman–Crippen MR) is 48.5 cm³/mol. The molecule has 1 nitrogen and oxygen atoms in total. The third-order valence-corrected chi connectivity index (χ3v) is 1.58. The smallest absolute Gasteiger partial charge is 0.158 e. The monoisotopic (exact) mass is 154 g/mol. The molecule has 0 aromatic heterocycles. The van der Waals surface area contributed by atoms with Crippen molar-refractivity contribution in [2.45, 2.75) is 40.5 Å². The Kier molecular flexibility index (Phi) is 3.50. The lowest BCUT2D eigenvalue weighted by Gasteiger charge is -2.16. The number of carbonyl (C=O) groups is 1. The summed E-state index contributed by atoms with van der Waals surface area (Å²) < 4.78 is 0. The molecule has 0 N–H and O–H groups in total. The normalized spacial score (nSPS) is 11.3. The summed E-state index contributed by atoms with van der Waals surface area (Å²) in [6, 6.07) is 0. The van der Waals surface area contributed by atoms with Crippen molar-refractivity contribution < 1.29 is 4.79 Å². The molecule has 0 radical (unpaired) electrons. The summed E-state index contributed by atoms with van der Waals surface area (Å²) in [4.78, 5) is 11.1. The molecule has 0 bridgehead atoms. The second-order valence-electron chi connectivity index (χ2n) is 4.26. The van der Waals surface area contributed by atoms with Gasteiger partial charge in [-0.15, -0.1) is 0 Å². The first-order chi connectivity index (χ1) is 4.83. The first-order valence-corrected chi connectivity index (χ1v) is 4.01. The topological polar surface area (TPSA) is 17.1 Å². The number of rotatable bonds is 3. The number of allylic oxidation sites excluding steroid dienone is 1. The molecule has 1 heteroatoms. The van der Waals surface area contributed by atoms with Crippen LogP contribution in [-0.4, -0.2) is 5.78 Å². The quantitative estimate of drug-likeness (QED) is 0.571. The van der Waals surface area contributed by atoms with Crippen LogP contribution in [0.4, 0.5) is 0 Å². The molecule has 0 aliphatic heterocycles. The van der Waals surface area contributed by atoms with Crippen LogP contribution in [0, 0.1) is 5.41 Å². The number of carbonyl (C=O) groups excluding carboxylic acids is 1. The van der Waals surface area contributed by atoms with Crippen LogP contribution in [0.25, 0.3) is 0 Å². The van der Waals surface area contributed by atoms with Gasteiger partial charge in [-0.2, -0.15) is 0 Å². The number of Topliss-reactive ketones (excluding diaryl/α,β-unsaturated/α-hetero) is 1. The molecule has 0 atom stereocenters. The SMILES string of the molecule is C=C(C)C(=O)CCC(C)(C)C. The highest BCUT2D eigenvalue weighted by Crippen LogP contribution is 2.21. The molecule has 0 fully saturated rings. The maximum absolute atomic E-state index is 11.1. The van der Waals surface area contributed by atoms with Crippen LogP contribution in [0.3, 0.4) is 0 Å². The third kappa shape index (κ3) is 5.84. The number of ketones is 1. The Bertz CT molecular complexity index is 160. The Hall–Kier alpha value is -0.590. The zero-order valence-electron chi connectivity index (χ0n) is 8.03. The molecule has 0 aliphatic rings. The first-order valence-electron chi connectivity index (χ1n) is 4.01. The van der Waals surface area contributed by atoms with Gasteiger partial charge in [0.25, 0.3) is 0 Å². The van der Waals surface area contributed by atoms with Crippen LogP contribution < -0.4 is 0 Å². The van der Waals surface area contributed by atoms with Crippen molar-refractivity contribution in [3.8, 4) is 0 Å². The summed E-state index contributed by atoms with van der Waals surface area (Å²) >= 11 is 0. The fourth-order valence-electron chi connectivity index (χ4n) is 0.702. The summed E-state index contributed by atoms with van der Waals surface area (Å²) in [6.07, 6.45) is 1.58. The van der Waals surface area contributed by atoms with Crippen LogP contribution >= 0.6 is 0 Å². The van der Waals surface area contributed by atoms with Gasteiger partial charge in [-0.3, -0.25) is 4.79 Å². The summed E-state index contributed by atoms with van der Waals surface area (Å²) in [5.41, 5.74) is 0.930. The lowest BCUT2D eigenvalue weighted by molar-refractivity contribution is -0.116. The Labute approximate surface area is 69.5 Å². The fourth-order valence-corrected chi connectivity index (χ4v) is 0.702. The standard InChI is InChI=1S/C10H18O/c1-8(2)9(11)6-7-10(3,4)5/h1,6-7H2,2-5H3. The highest BCUT2D eigenvalue weighted by molar-refractivity contribution is 5.94. The Balaban J connectivity index is 3.73. The van der Waals surface area contributed by atoms with E-state index in [1.807, 2.05) is 0 Å². The van der Waals surface area contributed by atoms with Crippen molar-refractivity contribution in [3.63, 3.8) is 0 Å². The van der Waals surface area contributed by atoms with Gasteiger partial charge in [0.1, 0.15) is 0 Å². The van der Waals surface area contributed by atoms with E-state index in [-0.39, 0.29) is 11.2 Å². The molecule has 0 spiro atoms. The summed E-state index contributed by atoms with van der Waals surface area (Å²) in [5.74, 6) is 0.194. The Morgan fingerprint density at radius 1 is 1.36 bits per heavy atom. The Morgan fingerprint density at radius 2 is 1.82 bits per heavy atom. The van der Waals surface area contributed by atoms with Crippen molar-refractivity contribution >= 4 is 5.78 Å². The van der Waals surface area contributed by atoms with E-state index in [9.17, 15) is 4.79 Å². The molecular formula is C10H18O. The first kappa shape index (κ1) is 10.4. The lowest BCUT2D eigenvalue weighted by Crippen LogP contribution is -2.08. The molecule has 11 heavy (non-hydrogen) atoms. The van der Waals surface area contributed by atoms with Crippen LogP contribution in [-0.2, 0) is 4.79 Å². The van der Waals surface area contributed by atoms with Gasteiger partial charge in [-0.05, 0) is 24.3 Å². The van der Waals surface area contributed by atoms with Gasteiger partial charge >= 0.3 is 0 Å². The summed E-state index contributed by atoms with van der Waals surface area (Å²) in [5, 5.41) is 0. The maximum Gasteiger partial charge on any atom is 0.158 e. The molecule has 0 rings (SSSR count). The second kappa shape index (κ2) is 3.70. The minimum atomic E-state index is 0.194. The van der Waals surface area contributed by atoms with E-state index in [0.717, 1.165) is 6.42 Å². The van der Waals surface area contributed by atoms with Crippen molar-refractivity contribution in [1.29, 1.82) is 0 Å². The zero-order valence-corrected chi connectivity index (χ0v) is 8.03. The molecule has 0 unspecified atom stereocenters. The average Bonchev–Trinajstić information content (AvgIpc) is 1.80. The van der Waals surface area contributed by atoms with Crippen molar-refractivity contribution in [3.05, 3.63) is 12.2 Å². The minimum absolute atomic E-state index is 0.194. The molecule has 64 valence electrons. The largest absolute Gasteiger partial charge is 0.295 e. The number of hydrogen-bond donors (Lipinski definition) is 0. The average molecular weight is 154 g/mol. The maximum atomic E-state index is 11.1. The van der Waals surface area contributed by atoms with Gasteiger partial charge in [-0.1, -0.05) is 27.4 Å². The van der Waals surface area contributed by atoms with E-state index in [1.165, 1.54) is 0 Å². The van der Waals surface area contributed by atoms with E-state index < -0.39 is 0 Å². The van der Waals surface area contributed by atoms with Crippen LogP contribution in [0.15, 0.2) is 12.2 Å². The van der Waals surface area contributed by atoms with E-state index in [1.54, 1.807) is 6.92 Å². The van der Waals surface area contributed by atoms with E-state index in [0.29, 0.717) is 12.0 Å². The predicted octanol–water partition coefficient (Wildman–Crippen LogP) is 2.96. The lowest BCUT2D eigenvalue weighted by atomic mass is 9.89. The molecule has 0 amide bonds. The fraction of sp³-hybridized carbons (Fsp3) is 0.700. The van der Waals surface area contributed by atoms with Gasteiger partial charge in [0.05, 0.1) is 0 Å². The zero-order chi connectivity index (χ0) is 9.07. The van der Waals surface area contributed by atoms with E-state index in [4.69, 9.17) is 0 Å². The van der Waals surface area contributed by atoms with Crippen LogP contribution in [0.5, 0.6) is 0 Å². The van der Waals surface area contributed by atoms with Gasteiger partial charge in [0, 0.05) is 6.42 Å². The number of hydrogen-bond acceptors (Lipinski definition) is 1. The van der Waals surface area contributed by atoms with E-state index in [2.05, 4.69) is 27.4 Å². The molecular weight excluding hydrogens is 136 g/mol. The van der Waals surface area contributed by atoms with Crippen LogP contribution in [0.1, 0.15) is 40.5 Å². The molecule has 0 aromatic carbocycles. The summed E-state index contributed by atoms with van der Waals surface area (Å²) in [7, 11) is 0. The van der Waals surface area contributed by atoms with Gasteiger partial charge in [0.15, 0.2) is 5.78 Å². The minimum Gasteiger partial charge on any atom is -0.295 e. The molecule has 0 saturated carbocycles. The summed E-state index contributed by atoms with van der Waals surface area (Å²) in [6.45, 7) is 11.8. The van der Waals surface area contributed by atoms with Crippen molar-refractivity contribution in [2.24, 2.45) is 5.41 Å². The van der Waals surface area contributed by atoms with Crippen molar-refractivity contribution in [1.82, 2.24) is 0 Å². The highest BCUT2D eigenvalue weighted by Gasteiger charge is 2.12. The second-order valence-corrected chi connectivity index (χ2v) is 4.26. The van der Waals surface area contributed by atoms with Gasteiger partial charge in [0.2, 0.25) is 0 Å². The molecule has 0 aliphatic carbocycles. The Morgan fingerprint density at radius 3 is 2.09 bits per heavy atom. The van der Waals surface area contributed by atoms with E-state index >= 15 is 0 Å². The third-order valence-electron chi connectivity index (χ3n) is 1.58. The van der Waals surface area contributed by atoms with Crippen LogP contribution in [0.2, 0.25) is 0 Å². The van der Waals surface area contributed by atoms with Crippen molar-refractivity contribution in [2.75, 3.05) is 0 Å². The molecule has 0 aromatic rings.